The lowest BCUT2D eigenvalue weighted by atomic mass is 9.78. The molecule has 0 aliphatic rings. The topological polar surface area (TPSA) is 112 Å². The van der Waals surface area contributed by atoms with Crippen LogP contribution in [0.2, 0.25) is 0 Å². The normalized spacial score (nSPS) is 13.7. The Labute approximate surface area is 367 Å². The van der Waals surface area contributed by atoms with Crippen molar-refractivity contribution in [1.82, 2.24) is 0 Å². The second-order valence-corrected chi connectivity index (χ2v) is 18.7. The molecule has 6 heteroatoms. The molecule has 0 aromatic rings. The van der Waals surface area contributed by atoms with Gasteiger partial charge in [0.05, 0.1) is 0 Å². The van der Waals surface area contributed by atoms with Crippen LogP contribution in [0.5, 0.6) is 0 Å². The van der Waals surface area contributed by atoms with Crippen molar-refractivity contribution in [2.75, 3.05) is 0 Å². The van der Waals surface area contributed by atoms with Crippen LogP contribution < -0.4 is 0 Å². The van der Waals surface area contributed by atoms with Gasteiger partial charge in [-0.15, -0.1) is 0 Å². The van der Waals surface area contributed by atoms with E-state index in [9.17, 15) is 29.7 Å². The van der Waals surface area contributed by atoms with Gasteiger partial charge in [-0.25, -0.2) is 0 Å². The van der Waals surface area contributed by atoms with E-state index >= 15 is 0 Å². The zero-order valence-electron chi connectivity index (χ0n) is 39.8. The van der Waals surface area contributed by atoms with Gasteiger partial charge in [-0.1, -0.05) is 265 Å². The number of hydrogen-bond acceptors (Lipinski definition) is 6. The first kappa shape index (κ1) is 57.9. The van der Waals surface area contributed by atoms with Crippen molar-refractivity contribution < 1.29 is 29.7 Å². The molecule has 3 N–H and O–H groups in total. The number of hydrogen-bond donors (Lipinski definition) is 3. The Hall–Kier alpha value is -1.11. The van der Waals surface area contributed by atoms with Gasteiger partial charge < -0.3 is 15.3 Å². The van der Waals surface area contributed by atoms with E-state index in [4.69, 9.17) is 0 Å². The zero-order valence-corrected chi connectivity index (χ0v) is 39.8. The van der Waals surface area contributed by atoms with Gasteiger partial charge in [0.15, 0.2) is 35.2 Å². The monoisotopic (exact) mass is 835 g/mol. The SMILES string of the molecule is CCCCCCCCCCCCCCCCCC(=O)C(O)(C(O)C(=O)CCCCCCCCCCCCCCC)C(O)C(=O)CCCCCCCCCCCCCCC. The lowest BCUT2D eigenvalue weighted by Crippen LogP contribution is -2.63. The molecular formula is C53H102O6. The number of aliphatic hydroxyl groups is 3. The minimum atomic E-state index is -2.79. The minimum Gasteiger partial charge on any atom is -0.382 e. The molecule has 350 valence electrons. The van der Waals surface area contributed by atoms with Crippen molar-refractivity contribution in [3.05, 3.63) is 0 Å². The summed E-state index contributed by atoms with van der Waals surface area (Å²) >= 11 is 0. The molecule has 6 nitrogen and oxygen atoms in total. The molecule has 59 heavy (non-hydrogen) atoms. The highest BCUT2D eigenvalue weighted by Crippen LogP contribution is 2.26. The number of unbranched alkanes of at least 4 members (excludes halogenated alkanes) is 38. The van der Waals surface area contributed by atoms with Crippen molar-refractivity contribution in [3.63, 3.8) is 0 Å². The van der Waals surface area contributed by atoms with Crippen LogP contribution in [0.3, 0.4) is 0 Å². The fraction of sp³-hybridized carbons (Fsp3) is 0.943. The summed E-state index contributed by atoms with van der Waals surface area (Å²) in [7, 11) is 0. The maximum atomic E-state index is 13.6. The average Bonchev–Trinajstić information content (AvgIpc) is 3.24. The van der Waals surface area contributed by atoms with Crippen molar-refractivity contribution >= 4 is 17.3 Å². The van der Waals surface area contributed by atoms with Crippen LogP contribution >= 0.6 is 0 Å². The molecule has 0 heterocycles. The van der Waals surface area contributed by atoms with E-state index in [0.29, 0.717) is 19.3 Å². The predicted octanol–water partition coefficient (Wildman–Crippen LogP) is 15.4. The molecule has 0 amide bonds. The predicted molar refractivity (Wildman–Crippen MR) is 252 cm³/mol. The van der Waals surface area contributed by atoms with Crippen LogP contribution in [0.4, 0.5) is 0 Å². The average molecular weight is 835 g/mol. The molecule has 0 aromatic heterocycles. The van der Waals surface area contributed by atoms with E-state index in [2.05, 4.69) is 20.8 Å². The molecule has 0 aliphatic carbocycles. The molecular weight excluding hydrogens is 733 g/mol. The molecule has 0 aliphatic heterocycles. The first-order valence-corrected chi connectivity index (χ1v) is 26.4. The Bertz CT molecular complexity index is 885. The molecule has 0 spiro atoms. The quantitative estimate of drug-likeness (QED) is 0.0526. The second-order valence-electron chi connectivity index (χ2n) is 18.7. The molecule has 0 saturated carbocycles. The summed E-state index contributed by atoms with van der Waals surface area (Å²) in [5.74, 6) is -2.11. The fourth-order valence-corrected chi connectivity index (χ4v) is 8.71. The molecule has 2 atom stereocenters. The summed E-state index contributed by atoms with van der Waals surface area (Å²) < 4.78 is 0. The van der Waals surface area contributed by atoms with E-state index in [-0.39, 0.29) is 19.3 Å². The van der Waals surface area contributed by atoms with Crippen LogP contribution in [-0.4, -0.2) is 50.5 Å². The summed E-state index contributed by atoms with van der Waals surface area (Å²) in [6, 6.07) is 0. The summed E-state index contributed by atoms with van der Waals surface area (Å²) in [4.78, 5) is 40.1. The lowest BCUT2D eigenvalue weighted by molar-refractivity contribution is -0.181. The summed E-state index contributed by atoms with van der Waals surface area (Å²) in [5, 5.41) is 34.1. The minimum absolute atomic E-state index is 0.0211. The first-order valence-electron chi connectivity index (χ1n) is 26.4. The Balaban J connectivity index is 4.76. The molecule has 0 rings (SSSR count). The fourth-order valence-electron chi connectivity index (χ4n) is 8.71. The van der Waals surface area contributed by atoms with Gasteiger partial charge >= 0.3 is 0 Å². The molecule has 0 aromatic carbocycles. The molecule has 0 saturated heterocycles. The number of rotatable bonds is 49. The van der Waals surface area contributed by atoms with Crippen molar-refractivity contribution in [2.45, 2.75) is 321 Å². The van der Waals surface area contributed by atoms with Crippen molar-refractivity contribution in [2.24, 2.45) is 0 Å². The highest BCUT2D eigenvalue weighted by Gasteiger charge is 2.53. The Morgan fingerprint density at radius 1 is 0.305 bits per heavy atom. The highest BCUT2D eigenvalue weighted by molar-refractivity contribution is 6.01. The number of Topliss-reactive ketones (excluding diaryl/α,β-unsaturated/α-hetero) is 3. The van der Waals surface area contributed by atoms with Crippen LogP contribution in [0, 0.1) is 0 Å². The second kappa shape index (κ2) is 43.5. The van der Waals surface area contributed by atoms with Gasteiger partial charge in [0.2, 0.25) is 0 Å². The van der Waals surface area contributed by atoms with E-state index in [1.807, 2.05) is 0 Å². The van der Waals surface area contributed by atoms with Crippen LogP contribution in [0.25, 0.3) is 0 Å². The van der Waals surface area contributed by atoms with Crippen LogP contribution in [0.1, 0.15) is 303 Å². The number of carbonyl (C=O) groups is 3. The maximum Gasteiger partial charge on any atom is 0.189 e. The summed E-state index contributed by atoms with van der Waals surface area (Å²) in [6.45, 7) is 6.75. The number of carbonyl (C=O) groups excluding carboxylic acids is 3. The van der Waals surface area contributed by atoms with Gasteiger partial charge in [0, 0.05) is 19.3 Å². The standard InChI is InChI=1S/C53H102O6/c1-4-7-10-13-16-19-22-25-26-29-32-35-38-41-44-47-50(56)53(59,51(57)48(54)45-42-39-36-33-30-27-23-20-17-14-11-8-5-2)52(58)49(55)46-43-40-37-34-31-28-24-21-18-15-12-9-6-3/h51-52,57-59H,4-47H2,1-3H3. The smallest absolute Gasteiger partial charge is 0.189 e. The Kier molecular flexibility index (Phi) is 42.7. The van der Waals surface area contributed by atoms with E-state index < -0.39 is 35.2 Å². The van der Waals surface area contributed by atoms with Crippen LogP contribution in [0.15, 0.2) is 0 Å². The van der Waals surface area contributed by atoms with Gasteiger partial charge in [0.1, 0.15) is 0 Å². The van der Waals surface area contributed by atoms with E-state index in [1.54, 1.807) is 0 Å². The Morgan fingerprint density at radius 3 is 0.678 bits per heavy atom. The molecule has 2 unspecified atom stereocenters. The Morgan fingerprint density at radius 2 is 0.475 bits per heavy atom. The van der Waals surface area contributed by atoms with Crippen molar-refractivity contribution in [1.29, 1.82) is 0 Å². The van der Waals surface area contributed by atoms with Gasteiger partial charge in [-0.2, -0.15) is 0 Å². The van der Waals surface area contributed by atoms with Crippen molar-refractivity contribution in [3.8, 4) is 0 Å². The van der Waals surface area contributed by atoms with Gasteiger partial charge in [0.25, 0.3) is 0 Å². The number of aliphatic hydroxyl groups excluding tert-OH is 2. The molecule has 0 radical (unpaired) electrons. The number of ketones is 3. The third-order valence-electron chi connectivity index (χ3n) is 13.0. The molecule has 0 bridgehead atoms. The third kappa shape index (κ3) is 33.2. The van der Waals surface area contributed by atoms with Crippen LogP contribution in [-0.2, 0) is 14.4 Å². The van der Waals surface area contributed by atoms with Gasteiger partial charge in [-0.05, 0) is 19.3 Å². The zero-order chi connectivity index (χ0) is 43.5. The maximum absolute atomic E-state index is 13.6. The summed E-state index contributed by atoms with van der Waals surface area (Å²) in [5.41, 5.74) is -2.79. The molecule has 0 fully saturated rings. The van der Waals surface area contributed by atoms with E-state index in [0.717, 1.165) is 57.8 Å². The largest absolute Gasteiger partial charge is 0.382 e. The van der Waals surface area contributed by atoms with Gasteiger partial charge in [-0.3, -0.25) is 14.4 Å². The highest BCUT2D eigenvalue weighted by atomic mass is 16.4. The third-order valence-corrected chi connectivity index (χ3v) is 13.0. The summed E-state index contributed by atoms with van der Waals surface area (Å²) in [6.07, 6.45) is 43.9. The van der Waals surface area contributed by atoms with E-state index in [1.165, 1.54) is 186 Å². The first-order chi connectivity index (χ1) is 28.8. The lowest BCUT2D eigenvalue weighted by Gasteiger charge is -2.34.